The lowest BCUT2D eigenvalue weighted by molar-refractivity contribution is 0.0706. The molecule has 1 fully saturated rings. The Balaban J connectivity index is 2.16. The number of hydrogen-bond acceptors (Lipinski definition) is 3. The Morgan fingerprint density at radius 2 is 2.06 bits per heavy atom. The van der Waals surface area contributed by atoms with E-state index in [2.05, 4.69) is 4.98 Å². The molecule has 0 atom stereocenters. The second kappa shape index (κ2) is 3.56. The summed E-state index contributed by atoms with van der Waals surface area (Å²) >= 11 is 0. The van der Waals surface area contributed by atoms with Gasteiger partial charge in [0, 0.05) is 5.92 Å². The van der Waals surface area contributed by atoms with E-state index < -0.39 is 6.09 Å². The van der Waals surface area contributed by atoms with Gasteiger partial charge in [0.1, 0.15) is 5.82 Å². The van der Waals surface area contributed by atoms with E-state index in [1.807, 2.05) is 6.07 Å². The monoisotopic (exact) mass is 232 g/mol. The van der Waals surface area contributed by atoms with Crippen LogP contribution in [0.2, 0.25) is 0 Å². The fourth-order valence-electron chi connectivity index (χ4n) is 2.32. The van der Waals surface area contributed by atoms with Crippen LogP contribution in [0.15, 0.2) is 24.3 Å². The highest BCUT2D eigenvalue weighted by molar-refractivity contribution is 5.86. The largest absolute Gasteiger partial charge is 0.464 e. The minimum absolute atomic E-state index is 0.0495. The van der Waals surface area contributed by atoms with Crippen LogP contribution in [0.25, 0.3) is 11.0 Å². The molecule has 0 unspecified atom stereocenters. The van der Waals surface area contributed by atoms with Crippen molar-refractivity contribution in [1.82, 2.24) is 9.55 Å². The standard InChI is InChI=1S/C12H12N2O3/c15-8-5-7(6-8)11-13-9-3-1-2-4-10(9)14(11)12(16)17/h1-4,7-8,15H,5-6H2,(H,16,17)/t7-,8-. The summed E-state index contributed by atoms with van der Waals surface area (Å²) < 4.78 is 1.23. The zero-order valence-corrected chi connectivity index (χ0v) is 9.08. The Bertz CT molecular complexity index is 584. The number of rotatable bonds is 1. The van der Waals surface area contributed by atoms with Crippen LogP contribution in [0.5, 0.6) is 0 Å². The molecule has 0 saturated heterocycles. The van der Waals surface area contributed by atoms with E-state index in [1.165, 1.54) is 4.57 Å². The third-order valence-electron chi connectivity index (χ3n) is 3.26. The fourth-order valence-corrected chi connectivity index (χ4v) is 2.32. The van der Waals surface area contributed by atoms with Gasteiger partial charge in [0.15, 0.2) is 0 Å². The molecule has 0 amide bonds. The number of aromatic nitrogens is 2. The summed E-state index contributed by atoms with van der Waals surface area (Å²) in [6, 6.07) is 7.17. The summed E-state index contributed by atoms with van der Waals surface area (Å²) in [7, 11) is 0. The van der Waals surface area contributed by atoms with Crippen molar-refractivity contribution in [2.75, 3.05) is 0 Å². The van der Waals surface area contributed by atoms with Crippen molar-refractivity contribution in [2.24, 2.45) is 0 Å². The lowest BCUT2D eigenvalue weighted by Gasteiger charge is -2.30. The normalized spacial score (nSPS) is 23.6. The minimum Gasteiger partial charge on any atom is -0.464 e. The smallest absolute Gasteiger partial charge is 0.417 e. The van der Waals surface area contributed by atoms with E-state index in [1.54, 1.807) is 18.2 Å². The number of aliphatic hydroxyl groups excluding tert-OH is 1. The summed E-state index contributed by atoms with van der Waals surface area (Å²) in [5, 5.41) is 18.5. The van der Waals surface area contributed by atoms with Gasteiger partial charge in [0.2, 0.25) is 0 Å². The zero-order valence-electron chi connectivity index (χ0n) is 9.08. The van der Waals surface area contributed by atoms with Crippen molar-refractivity contribution in [3.63, 3.8) is 0 Å². The van der Waals surface area contributed by atoms with Gasteiger partial charge in [-0.05, 0) is 25.0 Å². The lowest BCUT2D eigenvalue weighted by atomic mass is 9.82. The Kier molecular flexibility index (Phi) is 2.16. The van der Waals surface area contributed by atoms with Crippen molar-refractivity contribution in [3.05, 3.63) is 30.1 Å². The number of carboxylic acid groups (broad SMARTS) is 1. The van der Waals surface area contributed by atoms with Gasteiger partial charge in [-0.1, -0.05) is 12.1 Å². The van der Waals surface area contributed by atoms with E-state index in [0.29, 0.717) is 29.7 Å². The van der Waals surface area contributed by atoms with Crippen molar-refractivity contribution < 1.29 is 15.0 Å². The molecule has 1 aliphatic carbocycles. The Morgan fingerprint density at radius 3 is 2.71 bits per heavy atom. The number of fused-ring (bicyclic) bond motifs is 1. The first-order valence-electron chi connectivity index (χ1n) is 5.55. The van der Waals surface area contributed by atoms with Crippen LogP contribution < -0.4 is 0 Å². The molecule has 1 saturated carbocycles. The van der Waals surface area contributed by atoms with Crippen LogP contribution in [0.4, 0.5) is 4.79 Å². The number of aliphatic hydroxyl groups is 1. The highest BCUT2D eigenvalue weighted by Gasteiger charge is 2.33. The van der Waals surface area contributed by atoms with Crippen molar-refractivity contribution in [3.8, 4) is 0 Å². The van der Waals surface area contributed by atoms with Crippen molar-refractivity contribution in [2.45, 2.75) is 24.9 Å². The van der Waals surface area contributed by atoms with E-state index in [9.17, 15) is 15.0 Å². The van der Waals surface area contributed by atoms with Gasteiger partial charge >= 0.3 is 6.09 Å². The third-order valence-corrected chi connectivity index (χ3v) is 3.26. The molecule has 88 valence electrons. The molecular weight excluding hydrogens is 220 g/mol. The van der Waals surface area contributed by atoms with E-state index >= 15 is 0 Å². The van der Waals surface area contributed by atoms with Gasteiger partial charge in [0.05, 0.1) is 17.1 Å². The minimum atomic E-state index is -1.02. The molecule has 0 aliphatic heterocycles. The quantitative estimate of drug-likeness (QED) is 0.786. The lowest BCUT2D eigenvalue weighted by Crippen LogP contribution is -2.29. The zero-order chi connectivity index (χ0) is 12.0. The van der Waals surface area contributed by atoms with Gasteiger partial charge in [-0.3, -0.25) is 0 Å². The maximum atomic E-state index is 11.3. The van der Waals surface area contributed by atoms with Gasteiger partial charge in [-0.2, -0.15) is 0 Å². The van der Waals surface area contributed by atoms with E-state index in [-0.39, 0.29) is 12.0 Å². The Morgan fingerprint density at radius 1 is 1.35 bits per heavy atom. The molecule has 0 spiro atoms. The molecule has 1 aromatic carbocycles. The highest BCUT2D eigenvalue weighted by atomic mass is 16.4. The van der Waals surface area contributed by atoms with E-state index in [4.69, 9.17) is 0 Å². The number of hydrogen-bond donors (Lipinski definition) is 2. The number of carbonyl (C=O) groups is 1. The van der Waals surface area contributed by atoms with Crippen LogP contribution in [0, 0.1) is 0 Å². The van der Waals surface area contributed by atoms with Crippen molar-refractivity contribution >= 4 is 17.1 Å². The second-order valence-electron chi connectivity index (χ2n) is 4.40. The predicted octanol–water partition coefficient (Wildman–Crippen LogP) is 1.80. The molecule has 2 N–H and O–H groups in total. The predicted molar refractivity (Wildman–Crippen MR) is 61.1 cm³/mol. The first-order chi connectivity index (χ1) is 8.16. The average molecular weight is 232 g/mol. The number of nitrogens with zero attached hydrogens (tertiary/aromatic N) is 2. The molecule has 3 rings (SSSR count). The summed E-state index contributed by atoms with van der Waals surface area (Å²) in [5.41, 5.74) is 1.29. The van der Waals surface area contributed by atoms with Crippen LogP contribution in [0.1, 0.15) is 24.6 Å². The third kappa shape index (κ3) is 1.51. The maximum Gasteiger partial charge on any atom is 0.417 e. The van der Waals surface area contributed by atoms with Gasteiger partial charge < -0.3 is 10.2 Å². The van der Waals surface area contributed by atoms with Crippen LogP contribution in [-0.4, -0.2) is 32.0 Å². The van der Waals surface area contributed by atoms with Gasteiger partial charge in [-0.15, -0.1) is 0 Å². The molecule has 5 heteroatoms. The highest BCUT2D eigenvalue weighted by Crippen LogP contribution is 2.37. The molecule has 1 heterocycles. The Hall–Kier alpha value is -1.88. The van der Waals surface area contributed by atoms with Gasteiger partial charge in [-0.25, -0.2) is 14.3 Å². The summed E-state index contributed by atoms with van der Waals surface area (Å²) in [6.07, 6.45) is -0.148. The van der Waals surface area contributed by atoms with E-state index in [0.717, 1.165) is 0 Å². The number of imidazole rings is 1. The van der Waals surface area contributed by atoms with Crippen molar-refractivity contribution in [1.29, 1.82) is 0 Å². The summed E-state index contributed by atoms with van der Waals surface area (Å²) in [4.78, 5) is 15.6. The van der Waals surface area contributed by atoms with Crippen LogP contribution in [0.3, 0.4) is 0 Å². The van der Waals surface area contributed by atoms with Gasteiger partial charge in [0.25, 0.3) is 0 Å². The molecule has 0 bridgehead atoms. The fraction of sp³-hybridized carbons (Fsp3) is 0.333. The molecule has 1 aliphatic rings. The molecule has 1 aromatic heterocycles. The topological polar surface area (TPSA) is 75.3 Å². The maximum absolute atomic E-state index is 11.3. The molecule has 0 radical (unpaired) electrons. The molecule has 5 nitrogen and oxygen atoms in total. The molecule has 2 aromatic rings. The first-order valence-corrected chi connectivity index (χ1v) is 5.55. The number of benzene rings is 1. The summed E-state index contributed by atoms with van der Waals surface area (Å²) in [6.45, 7) is 0. The van der Waals surface area contributed by atoms with Crippen LogP contribution >= 0.6 is 0 Å². The second-order valence-corrected chi connectivity index (χ2v) is 4.40. The SMILES string of the molecule is O=C(O)n1c2ccccc2nc1[C@H]1C[C@H](O)C1. The summed E-state index contributed by atoms with van der Waals surface area (Å²) in [5.74, 6) is 0.595. The molecular formula is C12H12N2O3. The van der Waals surface area contributed by atoms with Crippen LogP contribution in [-0.2, 0) is 0 Å². The first kappa shape index (κ1) is 10.3. The average Bonchev–Trinajstić information content (AvgIpc) is 2.63. The molecule has 17 heavy (non-hydrogen) atoms. The number of para-hydroxylation sites is 2. The Labute approximate surface area is 97.3 Å².